The first kappa shape index (κ1) is 22.6. The van der Waals surface area contributed by atoms with Crippen LogP contribution in [0.4, 0.5) is 0 Å². The summed E-state index contributed by atoms with van der Waals surface area (Å²) in [7, 11) is 0. The van der Waals surface area contributed by atoms with Crippen molar-refractivity contribution >= 4 is 29.2 Å². The molecular formula is C5H11KO2S2-2. The second kappa shape index (κ2) is 22.4. The van der Waals surface area contributed by atoms with Gasteiger partial charge in [0, 0.05) is 0 Å². The normalized spacial score (nSPS) is 5.10. The number of rotatable bonds is 0. The van der Waals surface area contributed by atoms with E-state index in [1.807, 2.05) is 20.3 Å². The molecule has 0 radical (unpaired) electrons. The number of hydrogen-bond donors (Lipinski definition) is 1. The quantitative estimate of drug-likeness (QED) is 0.137. The minimum Gasteiger partial charge on any atom is -0.387 e. The molecule has 0 aliphatic rings. The van der Waals surface area contributed by atoms with E-state index in [0.29, 0.717) is 0 Å². The maximum atomic E-state index is 7.40. The molecule has 0 spiro atoms. The summed E-state index contributed by atoms with van der Waals surface area (Å²) in [4.78, 5) is 3.30. The molecule has 0 fully saturated rings. The Bertz CT molecular complexity index is 61.6. The third kappa shape index (κ3) is 53.6. The van der Waals surface area contributed by atoms with E-state index >= 15 is 0 Å². The van der Waals surface area contributed by atoms with Crippen molar-refractivity contribution in [3.63, 3.8) is 0 Å². The smallest absolute Gasteiger partial charge is 0.387 e. The molecular weight excluding hydrogens is 195 g/mol. The summed E-state index contributed by atoms with van der Waals surface area (Å²) in [6.07, 6.45) is 2.00. The van der Waals surface area contributed by atoms with Crippen LogP contribution in [0.15, 0.2) is 0 Å². The van der Waals surface area contributed by atoms with Gasteiger partial charge in [0.25, 0.3) is 0 Å². The van der Waals surface area contributed by atoms with Crippen molar-refractivity contribution in [2.24, 2.45) is 0 Å². The van der Waals surface area contributed by atoms with Crippen molar-refractivity contribution in [1.82, 2.24) is 0 Å². The van der Waals surface area contributed by atoms with Crippen LogP contribution in [0.3, 0.4) is 0 Å². The van der Waals surface area contributed by atoms with Crippen molar-refractivity contribution in [2.75, 3.05) is 0 Å². The van der Waals surface area contributed by atoms with Gasteiger partial charge in [0.15, 0.2) is 0 Å². The Morgan fingerprint density at radius 2 is 1.70 bits per heavy atom. The third-order valence-electron chi connectivity index (χ3n) is 0.0745. The van der Waals surface area contributed by atoms with Crippen molar-refractivity contribution in [1.29, 1.82) is 0 Å². The van der Waals surface area contributed by atoms with Crippen molar-refractivity contribution in [3.8, 4) is 0 Å². The van der Waals surface area contributed by atoms with E-state index in [0.717, 1.165) is 0 Å². The largest absolute Gasteiger partial charge is 1.00 e. The summed E-state index contributed by atoms with van der Waals surface area (Å²) in [6.45, 7) is 4.00. The van der Waals surface area contributed by atoms with Gasteiger partial charge in [0.05, 0.1) is 4.38 Å². The van der Waals surface area contributed by atoms with Gasteiger partial charge in [-0.3, -0.25) is 0 Å². The Morgan fingerprint density at radius 1 is 1.60 bits per heavy atom. The fourth-order valence-electron chi connectivity index (χ4n) is 0. The zero-order valence-electron chi connectivity index (χ0n) is 6.75. The van der Waals surface area contributed by atoms with Gasteiger partial charge in [0.2, 0.25) is 0 Å². The van der Waals surface area contributed by atoms with Gasteiger partial charge in [-0.05, 0) is 0 Å². The SMILES string of the molecule is C[CH-]C.OOC(=S)[S-].[CH3-].[K+]. The molecule has 0 unspecified atom stereocenters. The summed E-state index contributed by atoms with van der Waals surface area (Å²) < 4.78 is -0.273. The van der Waals surface area contributed by atoms with Crippen LogP contribution in [0.25, 0.3) is 0 Å². The van der Waals surface area contributed by atoms with E-state index in [1.165, 1.54) is 0 Å². The van der Waals surface area contributed by atoms with Crippen LogP contribution in [0.2, 0.25) is 0 Å². The zero-order valence-corrected chi connectivity index (χ0v) is 11.5. The van der Waals surface area contributed by atoms with E-state index in [-0.39, 0.29) is 63.2 Å². The number of hydrogen-bond acceptors (Lipinski definition) is 4. The topological polar surface area (TPSA) is 29.5 Å². The summed E-state index contributed by atoms with van der Waals surface area (Å²) >= 11 is 8.08. The molecule has 0 aromatic rings. The molecule has 0 saturated carbocycles. The molecule has 58 valence electrons. The maximum Gasteiger partial charge on any atom is 1.00 e. The summed E-state index contributed by atoms with van der Waals surface area (Å²) in [5.41, 5.74) is 0. The Hall–Kier alpha value is 1.71. The zero-order chi connectivity index (χ0) is 6.99. The fourth-order valence-corrected chi connectivity index (χ4v) is 0. The summed E-state index contributed by atoms with van der Waals surface area (Å²) in [5, 5.41) is 7.40. The minimum absolute atomic E-state index is 0. The van der Waals surface area contributed by atoms with Crippen LogP contribution >= 0.6 is 12.2 Å². The average Bonchev–Trinajstić information content (AvgIpc) is 1.69. The first-order valence-corrected chi connectivity index (χ1v) is 2.77. The van der Waals surface area contributed by atoms with E-state index in [2.05, 4.69) is 29.7 Å². The van der Waals surface area contributed by atoms with Gasteiger partial charge < -0.3 is 43.6 Å². The van der Waals surface area contributed by atoms with Crippen LogP contribution in [0.1, 0.15) is 13.8 Å². The van der Waals surface area contributed by atoms with Crippen molar-refractivity contribution in [3.05, 3.63) is 13.8 Å². The van der Waals surface area contributed by atoms with Gasteiger partial charge in [-0.15, -0.1) is 0 Å². The Labute approximate surface area is 116 Å². The van der Waals surface area contributed by atoms with Crippen molar-refractivity contribution in [2.45, 2.75) is 13.8 Å². The first-order chi connectivity index (χ1) is 3.68. The van der Waals surface area contributed by atoms with Crippen LogP contribution < -0.4 is 51.4 Å². The summed E-state index contributed by atoms with van der Waals surface area (Å²) in [6, 6.07) is 0. The molecule has 0 atom stereocenters. The van der Waals surface area contributed by atoms with E-state index < -0.39 is 0 Å². The molecule has 0 bridgehead atoms. The number of thiocarbonyl (C=S) groups is 1. The van der Waals surface area contributed by atoms with Crippen LogP contribution in [-0.4, -0.2) is 9.64 Å². The second-order valence-electron chi connectivity index (χ2n) is 0.919. The minimum atomic E-state index is -0.273. The van der Waals surface area contributed by atoms with Crippen molar-refractivity contribution < 1.29 is 61.5 Å². The Kier molecular flexibility index (Phi) is 50.7. The van der Waals surface area contributed by atoms with Gasteiger partial charge >= 0.3 is 51.4 Å². The molecule has 0 rings (SSSR count). The van der Waals surface area contributed by atoms with Gasteiger partial charge in [-0.2, -0.15) is 13.8 Å². The van der Waals surface area contributed by atoms with Crippen LogP contribution in [0, 0.1) is 13.8 Å². The molecule has 5 heteroatoms. The van der Waals surface area contributed by atoms with E-state index in [4.69, 9.17) is 5.26 Å². The molecule has 0 amide bonds. The van der Waals surface area contributed by atoms with E-state index in [1.54, 1.807) is 0 Å². The maximum absolute atomic E-state index is 7.40. The molecule has 1 N–H and O–H groups in total. The molecule has 10 heavy (non-hydrogen) atoms. The molecule has 0 aliphatic carbocycles. The predicted molar refractivity (Wildman–Crippen MR) is 45.7 cm³/mol. The molecule has 0 aliphatic heterocycles. The molecule has 0 heterocycles. The Balaban J connectivity index is -0.0000000326. The fraction of sp³-hybridized carbons (Fsp3) is 0.400. The van der Waals surface area contributed by atoms with Gasteiger partial charge in [-0.1, -0.05) is 0 Å². The molecule has 2 nitrogen and oxygen atoms in total. The predicted octanol–water partition coefficient (Wildman–Crippen LogP) is -1.01. The summed E-state index contributed by atoms with van der Waals surface area (Å²) in [5.74, 6) is 0. The Morgan fingerprint density at radius 3 is 1.70 bits per heavy atom. The second-order valence-corrected chi connectivity index (χ2v) is 1.92. The van der Waals surface area contributed by atoms with Crippen LogP contribution in [-0.2, 0) is 17.5 Å². The van der Waals surface area contributed by atoms with Gasteiger partial charge in [-0.25, -0.2) is 5.26 Å². The molecule has 0 saturated heterocycles. The average molecular weight is 206 g/mol. The van der Waals surface area contributed by atoms with Crippen LogP contribution in [0.5, 0.6) is 0 Å². The molecule has 0 aromatic carbocycles. The monoisotopic (exact) mass is 206 g/mol. The first-order valence-electron chi connectivity index (χ1n) is 1.95. The standard InChI is InChI=1S/C3H7.CH2O2S2.CH3.K/c1-3-2;2-3-1(4)5;;/h3H,1-2H3;2H,(H,4,5);1H3;/q-1;;-1;+1/p-1. The molecule has 0 aromatic heterocycles. The van der Waals surface area contributed by atoms with E-state index in [9.17, 15) is 0 Å². The third-order valence-corrected chi connectivity index (χ3v) is 0.224. The van der Waals surface area contributed by atoms with Gasteiger partial charge in [0.1, 0.15) is 0 Å².